The second-order valence-corrected chi connectivity index (χ2v) is 5.83. The second kappa shape index (κ2) is 6.88. The number of fused-ring (bicyclic) bond motifs is 1. The number of nitrogens with zero attached hydrogens (tertiary/aromatic N) is 1. The molecule has 5 nitrogen and oxygen atoms in total. The van der Waals surface area contributed by atoms with Crippen molar-refractivity contribution in [3.8, 4) is 0 Å². The maximum atomic E-state index is 13.3. The molecule has 3 aromatic rings. The summed E-state index contributed by atoms with van der Waals surface area (Å²) in [6, 6.07) is 9.71. The van der Waals surface area contributed by atoms with Gasteiger partial charge in [0.05, 0.1) is 6.26 Å². The number of halogens is 1. The minimum absolute atomic E-state index is 0.0543. The lowest BCUT2D eigenvalue weighted by Crippen LogP contribution is -2.32. The van der Waals surface area contributed by atoms with Crippen molar-refractivity contribution in [3.05, 3.63) is 59.9 Å². The number of carbonyl (C=O) groups excluding carboxylic acids is 1. The van der Waals surface area contributed by atoms with Gasteiger partial charge in [0.15, 0.2) is 0 Å². The largest absolute Gasteiger partial charge is 0.469 e. The first-order chi connectivity index (χ1) is 11.6. The van der Waals surface area contributed by atoms with Gasteiger partial charge in [-0.05, 0) is 36.4 Å². The third-order valence-electron chi connectivity index (χ3n) is 4.12. The fourth-order valence-electron chi connectivity index (χ4n) is 2.78. The van der Waals surface area contributed by atoms with Gasteiger partial charge in [0, 0.05) is 43.4 Å². The van der Waals surface area contributed by atoms with E-state index in [4.69, 9.17) is 4.42 Å². The van der Waals surface area contributed by atoms with Crippen molar-refractivity contribution in [2.75, 3.05) is 13.2 Å². The Morgan fingerprint density at radius 3 is 2.92 bits per heavy atom. The van der Waals surface area contributed by atoms with Crippen LogP contribution in [0.1, 0.15) is 16.2 Å². The summed E-state index contributed by atoms with van der Waals surface area (Å²) in [6.45, 7) is 0.271. The molecule has 0 saturated heterocycles. The molecule has 3 rings (SSSR count). The molecule has 2 heterocycles. The Bertz CT molecular complexity index is 839. The zero-order valence-corrected chi connectivity index (χ0v) is 13.3. The van der Waals surface area contributed by atoms with E-state index in [0.717, 1.165) is 11.3 Å². The highest BCUT2D eigenvalue weighted by molar-refractivity contribution is 5.98. The third-order valence-corrected chi connectivity index (χ3v) is 4.12. The first-order valence-electron chi connectivity index (χ1n) is 7.75. The predicted molar refractivity (Wildman–Crippen MR) is 88.2 cm³/mol. The van der Waals surface area contributed by atoms with Crippen LogP contribution in [0.5, 0.6) is 0 Å². The summed E-state index contributed by atoms with van der Waals surface area (Å²) in [5.74, 6) is 0.0430. The number of aliphatic hydroxyl groups is 1. The molecule has 0 aliphatic rings. The highest BCUT2D eigenvalue weighted by Gasteiger charge is 2.16. The minimum atomic E-state index is -0.334. The molecule has 2 aromatic heterocycles. The number of carbonyl (C=O) groups is 1. The van der Waals surface area contributed by atoms with Crippen molar-refractivity contribution in [1.82, 2.24) is 9.88 Å². The van der Waals surface area contributed by atoms with Crippen LogP contribution in [-0.4, -0.2) is 28.7 Å². The summed E-state index contributed by atoms with van der Waals surface area (Å²) < 4.78 is 20.3. The molecule has 0 fully saturated rings. The summed E-state index contributed by atoms with van der Waals surface area (Å²) in [6.07, 6.45) is 2.13. The summed E-state index contributed by atoms with van der Waals surface area (Å²) in [5.41, 5.74) is 1.24. The van der Waals surface area contributed by atoms with Crippen LogP contribution in [0.4, 0.5) is 4.39 Å². The van der Waals surface area contributed by atoms with E-state index >= 15 is 0 Å². The monoisotopic (exact) mass is 330 g/mol. The SMILES string of the molecule is Cn1c(C(=O)NCC(CO)Cc2ccco2)cc2cc(F)ccc21. The van der Waals surface area contributed by atoms with Gasteiger partial charge in [-0.3, -0.25) is 4.79 Å². The van der Waals surface area contributed by atoms with Crippen LogP contribution in [0.25, 0.3) is 10.9 Å². The molecule has 0 aliphatic heterocycles. The molecular formula is C18H19FN2O3. The quantitative estimate of drug-likeness (QED) is 0.730. The van der Waals surface area contributed by atoms with E-state index in [-0.39, 0.29) is 24.2 Å². The van der Waals surface area contributed by atoms with Gasteiger partial charge in [-0.2, -0.15) is 0 Å². The van der Waals surface area contributed by atoms with E-state index in [1.54, 1.807) is 36.1 Å². The number of benzene rings is 1. The predicted octanol–water partition coefficient (Wildman–Crippen LogP) is 2.49. The number of aliphatic hydroxyl groups excluding tert-OH is 1. The second-order valence-electron chi connectivity index (χ2n) is 5.83. The van der Waals surface area contributed by atoms with Crippen LogP contribution in [0, 0.1) is 11.7 Å². The number of hydrogen-bond donors (Lipinski definition) is 2. The molecule has 2 N–H and O–H groups in total. The normalized spacial score (nSPS) is 12.5. The Hall–Kier alpha value is -2.60. The molecule has 1 aromatic carbocycles. The molecule has 0 saturated carbocycles. The highest BCUT2D eigenvalue weighted by atomic mass is 19.1. The molecule has 6 heteroatoms. The minimum Gasteiger partial charge on any atom is -0.469 e. The van der Waals surface area contributed by atoms with E-state index in [1.165, 1.54) is 12.1 Å². The summed E-state index contributed by atoms with van der Waals surface area (Å²) in [5, 5.41) is 13.0. The summed E-state index contributed by atoms with van der Waals surface area (Å²) in [7, 11) is 1.77. The number of rotatable bonds is 6. The maximum Gasteiger partial charge on any atom is 0.267 e. The molecular weight excluding hydrogens is 311 g/mol. The van der Waals surface area contributed by atoms with Crippen molar-refractivity contribution >= 4 is 16.8 Å². The molecule has 24 heavy (non-hydrogen) atoms. The van der Waals surface area contributed by atoms with Gasteiger partial charge in [-0.15, -0.1) is 0 Å². The fourth-order valence-corrected chi connectivity index (χ4v) is 2.78. The molecule has 0 aliphatic carbocycles. The van der Waals surface area contributed by atoms with Gasteiger partial charge < -0.3 is 19.4 Å². The molecule has 1 atom stereocenters. The standard InChI is InChI=1S/C18H19FN2O3/c1-21-16-5-4-14(19)8-13(16)9-17(21)18(23)20-10-12(11-22)7-15-3-2-6-24-15/h2-6,8-9,12,22H,7,10-11H2,1H3,(H,20,23). The van der Waals surface area contributed by atoms with E-state index < -0.39 is 0 Å². The lowest BCUT2D eigenvalue weighted by molar-refractivity contribution is 0.0931. The molecule has 126 valence electrons. The van der Waals surface area contributed by atoms with E-state index in [2.05, 4.69) is 5.32 Å². The van der Waals surface area contributed by atoms with Gasteiger partial charge in [-0.1, -0.05) is 0 Å². The smallest absolute Gasteiger partial charge is 0.267 e. The average molecular weight is 330 g/mol. The zero-order chi connectivity index (χ0) is 17.1. The topological polar surface area (TPSA) is 67.4 Å². The van der Waals surface area contributed by atoms with Crippen LogP contribution in [0.3, 0.4) is 0 Å². The zero-order valence-electron chi connectivity index (χ0n) is 13.3. The van der Waals surface area contributed by atoms with Crippen LogP contribution >= 0.6 is 0 Å². The number of aryl methyl sites for hydroxylation is 1. The van der Waals surface area contributed by atoms with Crippen molar-refractivity contribution in [3.63, 3.8) is 0 Å². The third kappa shape index (κ3) is 3.33. The molecule has 0 bridgehead atoms. The Labute approximate surface area is 138 Å². The Morgan fingerprint density at radius 1 is 1.38 bits per heavy atom. The summed E-state index contributed by atoms with van der Waals surface area (Å²) in [4.78, 5) is 12.4. The van der Waals surface area contributed by atoms with Gasteiger partial charge >= 0.3 is 0 Å². The molecule has 1 amide bonds. The van der Waals surface area contributed by atoms with Crippen LogP contribution in [0.15, 0.2) is 47.1 Å². The average Bonchev–Trinajstić information content (AvgIpc) is 3.19. The van der Waals surface area contributed by atoms with Crippen LogP contribution in [-0.2, 0) is 13.5 Å². The van der Waals surface area contributed by atoms with Crippen molar-refractivity contribution in [1.29, 1.82) is 0 Å². The maximum absolute atomic E-state index is 13.3. The number of aromatic nitrogens is 1. The lowest BCUT2D eigenvalue weighted by Gasteiger charge is -2.14. The van der Waals surface area contributed by atoms with E-state index in [1.807, 2.05) is 6.07 Å². The van der Waals surface area contributed by atoms with Gasteiger partial charge in [0.2, 0.25) is 0 Å². The lowest BCUT2D eigenvalue weighted by atomic mass is 10.1. The first kappa shape index (κ1) is 16.3. The highest BCUT2D eigenvalue weighted by Crippen LogP contribution is 2.20. The number of hydrogen-bond acceptors (Lipinski definition) is 3. The number of amides is 1. The molecule has 0 spiro atoms. The summed E-state index contributed by atoms with van der Waals surface area (Å²) >= 11 is 0. The molecule has 1 unspecified atom stereocenters. The van der Waals surface area contributed by atoms with E-state index in [0.29, 0.717) is 24.0 Å². The number of furan rings is 1. The van der Waals surface area contributed by atoms with Crippen molar-refractivity contribution < 1.29 is 18.7 Å². The Balaban J connectivity index is 1.69. The first-order valence-corrected chi connectivity index (χ1v) is 7.75. The Morgan fingerprint density at radius 2 is 2.21 bits per heavy atom. The van der Waals surface area contributed by atoms with E-state index in [9.17, 15) is 14.3 Å². The van der Waals surface area contributed by atoms with Gasteiger partial charge in [0.25, 0.3) is 5.91 Å². The van der Waals surface area contributed by atoms with Crippen LogP contribution in [0.2, 0.25) is 0 Å². The number of nitrogens with one attached hydrogen (secondary N) is 1. The van der Waals surface area contributed by atoms with Gasteiger partial charge in [0.1, 0.15) is 17.3 Å². The van der Waals surface area contributed by atoms with Crippen LogP contribution < -0.4 is 5.32 Å². The van der Waals surface area contributed by atoms with Gasteiger partial charge in [-0.25, -0.2) is 4.39 Å². The molecule has 0 radical (unpaired) electrons. The van der Waals surface area contributed by atoms with Crippen molar-refractivity contribution in [2.45, 2.75) is 6.42 Å². The Kier molecular flexibility index (Phi) is 4.66. The van der Waals surface area contributed by atoms with Crippen molar-refractivity contribution in [2.24, 2.45) is 13.0 Å². The fraction of sp³-hybridized carbons (Fsp3) is 0.278.